The predicted molar refractivity (Wildman–Crippen MR) is 73.3 cm³/mol. The maximum atomic E-state index is 13.7. The molecule has 0 aliphatic heterocycles. The van der Waals surface area contributed by atoms with Crippen molar-refractivity contribution in [3.05, 3.63) is 69.5 Å². The molecule has 0 aliphatic rings. The summed E-state index contributed by atoms with van der Waals surface area (Å²) in [7, 11) is 0. The zero-order valence-corrected chi connectivity index (χ0v) is 12.2. The fourth-order valence-electron chi connectivity index (χ4n) is 1.85. The van der Waals surface area contributed by atoms with Crippen LogP contribution in [0.3, 0.4) is 0 Å². The van der Waals surface area contributed by atoms with E-state index in [9.17, 15) is 13.2 Å². The third-order valence-electron chi connectivity index (χ3n) is 2.88. The molecule has 0 fully saturated rings. The SMILES string of the molecule is Cc1c(Cl)cccc1C(Br)c1c(F)cc(F)cc1F. The van der Waals surface area contributed by atoms with Gasteiger partial charge in [-0.05, 0) is 24.1 Å². The van der Waals surface area contributed by atoms with Crippen LogP contribution in [0.2, 0.25) is 5.02 Å². The Kier molecular flexibility index (Phi) is 4.21. The lowest BCUT2D eigenvalue weighted by atomic mass is 9.99. The molecule has 0 radical (unpaired) electrons. The first kappa shape index (κ1) is 14.4. The van der Waals surface area contributed by atoms with E-state index >= 15 is 0 Å². The number of halogens is 5. The highest BCUT2D eigenvalue weighted by molar-refractivity contribution is 9.09. The zero-order valence-electron chi connectivity index (χ0n) is 9.85. The molecule has 0 nitrogen and oxygen atoms in total. The van der Waals surface area contributed by atoms with Crippen molar-refractivity contribution in [1.82, 2.24) is 0 Å². The molecular weight excluding hydrogens is 341 g/mol. The van der Waals surface area contributed by atoms with Crippen molar-refractivity contribution in [2.45, 2.75) is 11.8 Å². The van der Waals surface area contributed by atoms with E-state index in [1.807, 2.05) is 0 Å². The van der Waals surface area contributed by atoms with Gasteiger partial charge >= 0.3 is 0 Å². The summed E-state index contributed by atoms with van der Waals surface area (Å²) in [6.07, 6.45) is 0. The highest BCUT2D eigenvalue weighted by atomic mass is 79.9. The minimum atomic E-state index is -0.943. The van der Waals surface area contributed by atoms with Gasteiger partial charge in [0, 0.05) is 22.7 Å². The Morgan fingerprint density at radius 1 is 1.11 bits per heavy atom. The van der Waals surface area contributed by atoms with Gasteiger partial charge in [-0.3, -0.25) is 0 Å². The fourth-order valence-corrected chi connectivity index (χ4v) is 2.96. The van der Waals surface area contributed by atoms with Crippen molar-refractivity contribution in [3.8, 4) is 0 Å². The Hall–Kier alpha value is -1.00. The van der Waals surface area contributed by atoms with Crippen LogP contribution in [0.25, 0.3) is 0 Å². The lowest BCUT2D eigenvalue weighted by Crippen LogP contribution is -2.03. The number of rotatable bonds is 2. The van der Waals surface area contributed by atoms with Crippen molar-refractivity contribution >= 4 is 27.5 Å². The van der Waals surface area contributed by atoms with E-state index in [2.05, 4.69) is 15.9 Å². The van der Waals surface area contributed by atoms with E-state index in [0.717, 1.165) is 0 Å². The van der Waals surface area contributed by atoms with Crippen LogP contribution >= 0.6 is 27.5 Å². The largest absolute Gasteiger partial charge is 0.207 e. The van der Waals surface area contributed by atoms with Gasteiger partial charge in [-0.1, -0.05) is 39.7 Å². The van der Waals surface area contributed by atoms with Gasteiger partial charge in [0.15, 0.2) is 0 Å². The van der Waals surface area contributed by atoms with Crippen LogP contribution in [-0.2, 0) is 0 Å². The standard InChI is InChI=1S/C14H9BrClF3/c1-7-9(3-2-4-10(7)16)14(15)13-11(18)5-8(17)6-12(13)19/h2-6,14H,1H3. The lowest BCUT2D eigenvalue weighted by Gasteiger charge is -2.16. The highest BCUT2D eigenvalue weighted by Crippen LogP contribution is 2.37. The van der Waals surface area contributed by atoms with Gasteiger partial charge in [-0.15, -0.1) is 0 Å². The van der Waals surface area contributed by atoms with Crippen molar-refractivity contribution in [2.75, 3.05) is 0 Å². The number of benzene rings is 2. The van der Waals surface area contributed by atoms with E-state index in [4.69, 9.17) is 11.6 Å². The summed E-state index contributed by atoms with van der Waals surface area (Å²) in [6.45, 7) is 1.76. The topological polar surface area (TPSA) is 0 Å². The van der Waals surface area contributed by atoms with Gasteiger partial charge in [0.2, 0.25) is 0 Å². The Morgan fingerprint density at radius 3 is 2.26 bits per heavy atom. The van der Waals surface area contributed by atoms with Crippen LogP contribution in [0, 0.1) is 24.4 Å². The summed E-state index contributed by atoms with van der Waals surface area (Å²) in [4.78, 5) is -0.730. The molecule has 0 N–H and O–H groups in total. The monoisotopic (exact) mass is 348 g/mol. The van der Waals surface area contributed by atoms with Crippen molar-refractivity contribution in [2.24, 2.45) is 0 Å². The molecule has 0 bridgehead atoms. The predicted octanol–water partition coefficient (Wildman–Crippen LogP) is 5.55. The molecule has 5 heteroatoms. The highest BCUT2D eigenvalue weighted by Gasteiger charge is 2.22. The van der Waals surface area contributed by atoms with Crippen molar-refractivity contribution in [3.63, 3.8) is 0 Å². The summed E-state index contributed by atoms with van der Waals surface area (Å²) < 4.78 is 40.4. The summed E-state index contributed by atoms with van der Waals surface area (Å²) in [5, 5.41) is 0.505. The number of hydrogen-bond donors (Lipinski definition) is 0. The van der Waals surface area contributed by atoms with Crippen LogP contribution < -0.4 is 0 Å². The molecule has 0 aliphatic carbocycles. The van der Waals surface area contributed by atoms with E-state index < -0.39 is 22.3 Å². The first-order valence-corrected chi connectivity index (χ1v) is 6.74. The van der Waals surface area contributed by atoms with Gasteiger partial charge in [0.05, 0.1) is 4.83 Å². The lowest BCUT2D eigenvalue weighted by molar-refractivity contribution is 0.527. The average Bonchev–Trinajstić information content (AvgIpc) is 2.31. The Balaban J connectivity index is 2.56. The average molecular weight is 350 g/mol. The fraction of sp³-hybridized carbons (Fsp3) is 0.143. The molecule has 0 spiro atoms. The van der Waals surface area contributed by atoms with E-state index in [0.29, 0.717) is 28.3 Å². The molecular formula is C14H9BrClF3. The molecule has 1 atom stereocenters. The second kappa shape index (κ2) is 5.55. The van der Waals surface area contributed by atoms with Gasteiger partial charge in [-0.2, -0.15) is 0 Å². The molecule has 2 rings (SSSR count). The van der Waals surface area contributed by atoms with E-state index in [-0.39, 0.29) is 5.56 Å². The molecule has 2 aromatic carbocycles. The first-order chi connectivity index (χ1) is 8.91. The minimum Gasteiger partial charge on any atom is -0.207 e. The third kappa shape index (κ3) is 2.79. The summed E-state index contributed by atoms with van der Waals surface area (Å²) in [5.41, 5.74) is 1.12. The van der Waals surface area contributed by atoms with E-state index in [1.54, 1.807) is 25.1 Å². The zero-order chi connectivity index (χ0) is 14.2. The van der Waals surface area contributed by atoms with Gasteiger partial charge in [-0.25, -0.2) is 13.2 Å². The first-order valence-electron chi connectivity index (χ1n) is 5.45. The van der Waals surface area contributed by atoms with E-state index in [1.165, 1.54) is 0 Å². The third-order valence-corrected chi connectivity index (χ3v) is 4.24. The van der Waals surface area contributed by atoms with Gasteiger partial charge in [0.1, 0.15) is 17.5 Å². The minimum absolute atomic E-state index is 0.230. The quantitative estimate of drug-likeness (QED) is 0.624. The molecule has 0 saturated carbocycles. The molecule has 19 heavy (non-hydrogen) atoms. The number of alkyl halides is 1. The second-order valence-electron chi connectivity index (χ2n) is 4.10. The molecule has 1 unspecified atom stereocenters. The molecule has 0 aromatic heterocycles. The van der Waals surface area contributed by atoms with Crippen molar-refractivity contribution in [1.29, 1.82) is 0 Å². The molecule has 0 heterocycles. The molecule has 2 aromatic rings. The number of hydrogen-bond acceptors (Lipinski definition) is 0. The second-order valence-corrected chi connectivity index (χ2v) is 5.42. The smallest absolute Gasteiger partial charge is 0.133 e. The normalized spacial score (nSPS) is 12.5. The molecule has 0 amide bonds. The van der Waals surface area contributed by atoms with Gasteiger partial charge in [0.25, 0.3) is 0 Å². The summed E-state index contributed by atoms with van der Waals surface area (Å²) in [5.74, 6) is -2.81. The summed E-state index contributed by atoms with van der Waals surface area (Å²) in [6, 6.07) is 6.41. The van der Waals surface area contributed by atoms with Crippen molar-refractivity contribution < 1.29 is 13.2 Å². The Labute approximate surface area is 122 Å². The molecule has 0 saturated heterocycles. The maximum absolute atomic E-state index is 13.7. The van der Waals surface area contributed by atoms with Crippen LogP contribution in [0.15, 0.2) is 30.3 Å². The van der Waals surface area contributed by atoms with Crippen LogP contribution in [-0.4, -0.2) is 0 Å². The maximum Gasteiger partial charge on any atom is 0.133 e. The molecule has 100 valence electrons. The summed E-state index contributed by atoms with van der Waals surface area (Å²) >= 11 is 9.23. The van der Waals surface area contributed by atoms with Crippen LogP contribution in [0.5, 0.6) is 0 Å². The van der Waals surface area contributed by atoms with Gasteiger partial charge < -0.3 is 0 Å². The Morgan fingerprint density at radius 2 is 1.68 bits per heavy atom. The Bertz CT molecular complexity index is 605. The van der Waals surface area contributed by atoms with Crippen LogP contribution in [0.4, 0.5) is 13.2 Å². The van der Waals surface area contributed by atoms with Crippen LogP contribution in [0.1, 0.15) is 21.5 Å².